The van der Waals surface area contributed by atoms with Gasteiger partial charge in [-0.05, 0) is 0 Å². The second-order valence-electron chi connectivity index (χ2n) is 2.09. The monoisotopic (exact) mass is 204 g/mol. The van der Waals surface area contributed by atoms with Crippen LogP contribution in [0.1, 0.15) is 0 Å². The Hall–Kier alpha value is -3.58. The Kier molecular flexibility index (Phi) is 4.63. The molecule has 6 heteroatoms. The number of hydrogen-bond donors (Lipinski definition) is 0. The first-order valence-electron chi connectivity index (χ1n) is 3.51. The molecule has 0 aliphatic heterocycles. The molecule has 0 aromatic heterocycles. The van der Waals surface area contributed by atoms with E-state index in [0.29, 0.717) is 0 Å². The summed E-state index contributed by atoms with van der Waals surface area (Å²) in [7, 11) is 0. The molecule has 0 spiro atoms. The number of allylic oxidation sites excluding steroid dienone is 2. The summed E-state index contributed by atoms with van der Waals surface area (Å²) >= 11 is 0. The largest absolute Gasteiger partial charge is 0.526 e. The van der Waals surface area contributed by atoms with Gasteiger partial charge in [-0.3, -0.25) is 0 Å². The molecule has 0 saturated heterocycles. The quantitative estimate of drug-likeness (QED) is 0.370. The lowest BCUT2D eigenvalue weighted by Gasteiger charge is -1.90. The molecule has 0 aliphatic carbocycles. The Labute approximate surface area is 91.6 Å². The summed E-state index contributed by atoms with van der Waals surface area (Å²) in [4.78, 5) is 8.34. The Bertz CT molecular complexity index is 532. The van der Waals surface area contributed by atoms with Crippen molar-refractivity contribution < 1.29 is 0 Å². The molecule has 0 saturated carbocycles. The lowest BCUT2D eigenvalue weighted by atomic mass is 10.1. The van der Waals surface area contributed by atoms with E-state index in [4.69, 9.17) is 35.5 Å². The first-order valence-corrected chi connectivity index (χ1v) is 3.51. The third kappa shape index (κ3) is 2.22. The van der Waals surface area contributed by atoms with Crippen LogP contribution in [-0.2, 0) is 0 Å². The van der Waals surface area contributed by atoms with Gasteiger partial charge in [-0.15, -0.1) is 0 Å². The number of rotatable bonds is 1. The zero-order valence-corrected chi connectivity index (χ0v) is 7.68. The second-order valence-corrected chi connectivity index (χ2v) is 2.09. The molecule has 0 aromatic rings. The fourth-order valence-electron chi connectivity index (χ4n) is 0.713. The van der Waals surface area contributed by atoms with E-state index in [1.165, 1.54) is 18.2 Å². The standard InChI is InChI=1S/C10N6/c1-14-9(7(4-11)5-12)8(6-13)10(15-2)16-3. The average Bonchev–Trinajstić information content (AvgIpc) is 2.33. The summed E-state index contributed by atoms with van der Waals surface area (Å²) in [6.45, 7) is 20.0. The molecule has 70 valence electrons. The third-order valence-electron chi connectivity index (χ3n) is 1.36. The molecule has 0 aliphatic rings. The average molecular weight is 204 g/mol. The molecule has 0 fully saturated rings. The number of hydrogen-bond acceptors (Lipinski definition) is 3. The third-order valence-corrected chi connectivity index (χ3v) is 1.36. The van der Waals surface area contributed by atoms with Crippen molar-refractivity contribution in [2.24, 2.45) is 0 Å². The first kappa shape index (κ1) is 12.4. The molecule has 0 bridgehead atoms. The van der Waals surface area contributed by atoms with Crippen molar-refractivity contribution in [3.05, 3.63) is 56.9 Å². The van der Waals surface area contributed by atoms with E-state index in [1.54, 1.807) is 0 Å². The van der Waals surface area contributed by atoms with Gasteiger partial charge in [0.25, 0.3) is 0 Å². The minimum atomic E-state index is -0.628. The van der Waals surface area contributed by atoms with E-state index in [9.17, 15) is 0 Å². The summed E-state index contributed by atoms with van der Waals surface area (Å²) in [5, 5.41) is 25.8. The fraction of sp³-hybridized carbons (Fsp3) is 0. The van der Waals surface area contributed by atoms with Gasteiger partial charge in [0.1, 0.15) is 18.7 Å². The van der Waals surface area contributed by atoms with Gasteiger partial charge >= 0.3 is 5.82 Å². The van der Waals surface area contributed by atoms with Crippen molar-refractivity contribution >= 4 is 0 Å². The first-order chi connectivity index (χ1) is 7.69. The number of nitriles is 3. The summed E-state index contributed by atoms with van der Waals surface area (Å²) in [5.41, 5.74) is -1.69. The van der Waals surface area contributed by atoms with E-state index in [-0.39, 0.29) is 0 Å². The van der Waals surface area contributed by atoms with Gasteiger partial charge in [-0.2, -0.15) is 25.5 Å². The van der Waals surface area contributed by atoms with Crippen molar-refractivity contribution in [2.45, 2.75) is 0 Å². The number of nitrogens with zero attached hydrogens (tertiary/aromatic N) is 6. The van der Waals surface area contributed by atoms with Crippen LogP contribution in [0.15, 0.2) is 22.7 Å². The predicted molar refractivity (Wildman–Crippen MR) is 50.7 cm³/mol. The minimum Gasteiger partial charge on any atom is -0.236 e. The molecule has 0 N–H and O–H groups in total. The summed E-state index contributed by atoms with van der Waals surface area (Å²) in [6, 6.07) is 4.35. The molecule has 0 unspecified atom stereocenters. The Morgan fingerprint density at radius 1 is 0.812 bits per heavy atom. The van der Waals surface area contributed by atoms with E-state index in [0.717, 1.165) is 0 Å². The SMILES string of the molecule is [C-]#[N+]C([N+]#[C-])=C(C#N)C([N+]#[C-])=C(C#N)C#N. The maximum Gasteiger partial charge on any atom is 0.526 e. The lowest BCUT2D eigenvalue weighted by molar-refractivity contribution is 1.38. The topological polar surface area (TPSA) is 84.4 Å². The van der Waals surface area contributed by atoms with Crippen molar-refractivity contribution in [2.75, 3.05) is 0 Å². The van der Waals surface area contributed by atoms with Crippen molar-refractivity contribution in [3.63, 3.8) is 0 Å². The molecular formula is C10N6. The Morgan fingerprint density at radius 3 is 1.56 bits per heavy atom. The Balaban J connectivity index is 6.31. The van der Waals surface area contributed by atoms with Crippen LogP contribution in [0.2, 0.25) is 0 Å². The summed E-state index contributed by atoms with van der Waals surface area (Å²) in [6.07, 6.45) is 0. The van der Waals surface area contributed by atoms with Gasteiger partial charge in [0.05, 0.1) is 24.8 Å². The minimum absolute atomic E-state index is 0.543. The molecule has 16 heavy (non-hydrogen) atoms. The highest BCUT2D eigenvalue weighted by atomic mass is 14.9. The highest BCUT2D eigenvalue weighted by molar-refractivity contribution is 5.59. The van der Waals surface area contributed by atoms with Crippen LogP contribution in [0.4, 0.5) is 0 Å². The van der Waals surface area contributed by atoms with Gasteiger partial charge in [-0.1, -0.05) is 0 Å². The van der Waals surface area contributed by atoms with Gasteiger partial charge in [0.15, 0.2) is 5.57 Å². The maximum atomic E-state index is 8.71. The molecule has 6 nitrogen and oxygen atoms in total. The van der Waals surface area contributed by atoms with Crippen LogP contribution in [0.25, 0.3) is 14.5 Å². The van der Waals surface area contributed by atoms with Crippen molar-refractivity contribution in [1.82, 2.24) is 0 Å². The predicted octanol–water partition coefficient (Wildman–Crippen LogP) is 1.78. The molecule has 0 atom stereocenters. The normalized spacial score (nSPS) is 6.38. The molecule has 0 aromatic carbocycles. The smallest absolute Gasteiger partial charge is 0.236 e. The molecule has 0 amide bonds. The fourth-order valence-corrected chi connectivity index (χ4v) is 0.713. The van der Waals surface area contributed by atoms with Crippen LogP contribution >= 0.6 is 0 Å². The van der Waals surface area contributed by atoms with Crippen LogP contribution in [0.5, 0.6) is 0 Å². The van der Waals surface area contributed by atoms with Crippen molar-refractivity contribution in [1.29, 1.82) is 15.8 Å². The highest BCUT2D eigenvalue weighted by Crippen LogP contribution is 2.21. The lowest BCUT2D eigenvalue weighted by Crippen LogP contribution is -1.90. The zero-order chi connectivity index (χ0) is 12.6. The molecule has 0 rings (SSSR count). The van der Waals surface area contributed by atoms with Gasteiger partial charge < -0.3 is 0 Å². The molecule has 0 radical (unpaired) electrons. The molecule has 0 heterocycles. The zero-order valence-electron chi connectivity index (χ0n) is 7.68. The molecular weight excluding hydrogens is 204 g/mol. The van der Waals surface area contributed by atoms with Gasteiger partial charge in [0.2, 0.25) is 5.70 Å². The maximum absolute atomic E-state index is 8.71. The van der Waals surface area contributed by atoms with Gasteiger partial charge in [0, 0.05) is 0 Å². The summed E-state index contributed by atoms with van der Waals surface area (Å²) < 4.78 is 0. The van der Waals surface area contributed by atoms with E-state index in [1.807, 2.05) is 0 Å². The second kappa shape index (κ2) is 5.96. The van der Waals surface area contributed by atoms with Crippen LogP contribution in [0, 0.1) is 53.7 Å². The van der Waals surface area contributed by atoms with E-state index < -0.39 is 22.7 Å². The Morgan fingerprint density at radius 2 is 1.31 bits per heavy atom. The van der Waals surface area contributed by atoms with Crippen LogP contribution in [-0.4, -0.2) is 0 Å². The van der Waals surface area contributed by atoms with Crippen molar-refractivity contribution in [3.8, 4) is 18.2 Å². The van der Waals surface area contributed by atoms with E-state index >= 15 is 0 Å². The van der Waals surface area contributed by atoms with Crippen LogP contribution < -0.4 is 0 Å². The van der Waals surface area contributed by atoms with Crippen LogP contribution in [0.3, 0.4) is 0 Å². The van der Waals surface area contributed by atoms with Gasteiger partial charge in [-0.25, -0.2) is 4.85 Å². The highest BCUT2D eigenvalue weighted by Gasteiger charge is 2.22. The summed E-state index contributed by atoms with van der Waals surface area (Å²) in [5.74, 6) is -0.628. The van der Waals surface area contributed by atoms with E-state index in [2.05, 4.69) is 14.5 Å².